The van der Waals surface area contributed by atoms with Crippen LogP contribution in [0.4, 0.5) is 0 Å². The van der Waals surface area contributed by atoms with Crippen LogP contribution in [0, 0.1) is 5.41 Å². The number of methoxy groups -OCH3 is 1. The van der Waals surface area contributed by atoms with E-state index in [4.69, 9.17) is 4.74 Å². The predicted molar refractivity (Wildman–Crippen MR) is 84.8 cm³/mol. The number of hydrogen-bond acceptors (Lipinski definition) is 2. The minimum absolute atomic E-state index is 0.173. The third kappa shape index (κ3) is 3.46. The zero-order chi connectivity index (χ0) is 13.9. The summed E-state index contributed by atoms with van der Waals surface area (Å²) in [6, 6.07) is 10.8. The summed E-state index contributed by atoms with van der Waals surface area (Å²) in [6.07, 6.45) is 4.20. The number of ether oxygens (including phenoxy) is 1. The normalized spacial score (nSPS) is 13.6. The summed E-state index contributed by atoms with van der Waals surface area (Å²) >= 11 is 1.84. The standard InChI is InChI=1S/C17H22OS/c1-5-10-17(2,3)12-14(18-4)16-11-13-8-6-7-9-15(13)19-16/h5-9,11,14H,1,10,12H2,2-4H3. The molecule has 1 heterocycles. The summed E-state index contributed by atoms with van der Waals surface area (Å²) in [5.74, 6) is 0. The lowest BCUT2D eigenvalue weighted by Gasteiger charge is -2.27. The molecule has 19 heavy (non-hydrogen) atoms. The molecule has 0 N–H and O–H groups in total. The Kier molecular flexibility index (Phi) is 4.43. The monoisotopic (exact) mass is 274 g/mol. The van der Waals surface area contributed by atoms with E-state index >= 15 is 0 Å². The molecule has 0 aliphatic rings. The topological polar surface area (TPSA) is 9.23 Å². The lowest BCUT2D eigenvalue weighted by molar-refractivity contribution is 0.0644. The second-order valence-electron chi connectivity index (χ2n) is 5.77. The highest BCUT2D eigenvalue weighted by molar-refractivity contribution is 7.19. The number of fused-ring (bicyclic) bond motifs is 1. The van der Waals surface area contributed by atoms with Gasteiger partial charge in [0, 0.05) is 16.7 Å². The van der Waals surface area contributed by atoms with E-state index in [9.17, 15) is 0 Å². The Morgan fingerprint density at radius 3 is 2.74 bits per heavy atom. The first kappa shape index (κ1) is 14.3. The van der Waals surface area contributed by atoms with E-state index in [1.807, 2.05) is 17.4 Å². The van der Waals surface area contributed by atoms with E-state index in [0.29, 0.717) is 0 Å². The molecule has 0 aliphatic heterocycles. The average molecular weight is 274 g/mol. The van der Waals surface area contributed by atoms with Gasteiger partial charge in [0.15, 0.2) is 0 Å². The van der Waals surface area contributed by atoms with Crippen molar-refractivity contribution in [2.75, 3.05) is 7.11 Å². The SMILES string of the molecule is C=CCC(C)(C)CC(OC)c1cc2ccccc2s1. The Labute approximate surface area is 119 Å². The number of thiophene rings is 1. The molecule has 1 aromatic carbocycles. The third-order valence-electron chi connectivity index (χ3n) is 3.48. The number of benzene rings is 1. The zero-order valence-corrected chi connectivity index (χ0v) is 12.8. The van der Waals surface area contributed by atoms with Gasteiger partial charge in [-0.3, -0.25) is 0 Å². The van der Waals surface area contributed by atoms with Gasteiger partial charge in [0.05, 0.1) is 6.10 Å². The summed E-state index contributed by atoms with van der Waals surface area (Å²) in [7, 11) is 1.80. The summed E-state index contributed by atoms with van der Waals surface area (Å²) in [5, 5.41) is 1.31. The van der Waals surface area contributed by atoms with Crippen LogP contribution < -0.4 is 0 Å². The largest absolute Gasteiger partial charge is 0.376 e. The molecule has 1 unspecified atom stereocenters. The molecular weight excluding hydrogens is 252 g/mol. The minimum atomic E-state index is 0.173. The van der Waals surface area contributed by atoms with Gasteiger partial charge in [-0.1, -0.05) is 38.1 Å². The van der Waals surface area contributed by atoms with Crippen LogP contribution >= 0.6 is 11.3 Å². The Hall–Kier alpha value is -1.12. The highest BCUT2D eigenvalue weighted by atomic mass is 32.1. The lowest BCUT2D eigenvalue weighted by atomic mass is 9.83. The zero-order valence-electron chi connectivity index (χ0n) is 12.0. The Morgan fingerprint density at radius 1 is 1.37 bits per heavy atom. The fraction of sp³-hybridized carbons (Fsp3) is 0.412. The molecule has 1 atom stereocenters. The van der Waals surface area contributed by atoms with Crippen molar-refractivity contribution in [3.63, 3.8) is 0 Å². The minimum Gasteiger partial charge on any atom is -0.376 e. The first-order valence-electron chi connectivity index (χ1n) is 6.68. The molecule has 0 saturated carbocycles. The molecule has 1 nitrogen and oxygen atoms in total. The van der Waals surface area contributed by atoms with Gasteiger partial charge in [-0.05, 0) is 35.8 Å². The summed E-state index contributed by atoms with van der Waals surface area (Å²) < 4.78 is 7.06. The molecule has 102 valence electrons. The van der Waals surface area contributed by atoms with Crippen LogP contribution in [-0.2, 0) is 4.74 Å². The van der Waals surface area contributed by atoms with Gasteiger partial charge in [-0.15, -0.1) is 17.9 Å². The number of rotatable bonds is 6. The maximum Gasteiger partial charge on any atom is 0.0918 e. The molecule has 0 aliphatic carbocycles. The van der Waals surface area contributed by atoms with Crippen molar-refractivity contribution in [2.45, 2.75) is 32.8 Å². The summed E-state index contributed by atoms with van der Waals surface area (Å²) in [4.78, 5) is 1.32. The van der Waals surface area contributed by atoms with Gasteiger partial charge in [0.25, 0.3) is 0 Å². The van der Waals surface area contributed by atoms with Crippen molar-refractivity contribution in [1.82, 2.24) is 0 Å². The lowest BCUT2D eigenvalue weighted by Crippen LogP contribution is -2.15. The van der Waals surface area contributed by atoms with Crippen molar-refractivity contribution in [3.8, 4) is 0 Å². The van der Waals surface area contributed by atoms with E-state index in [-0.39, 0.29) is 11.5 Å². The molecule has 2 heteroatoms. The molecule has 0 radical (unpaired) electrons. The van der Waals surface area contributed by atoms with E-state index in [1.54, 1.807) is 7.11 Å². The first-order chi connectivity index (χ1) is 9.05. The second-order valence-corrected chi connectivity index (χ2v) is 6.89. The van der Waals surface area contributed by atoms with Gasteiger partial charge < -0.3 is 4.74 Å². The van der Waals surface area contributed by atoms with Crippen molar-refractivity contribution in [2.24, 2.45) is 5.41 Å². The molecule has 2 aromatic rings. The van der Waals surface area contributed by atoms with Gasteiger partial charge >= 0.3 is 0 Å². The van der Waals surface area contributed by atoms with Crippen LogP contribution in [0.25, 0.3) is 10.1 Å². The second kappa shape index (κ2) is 5.89. The maximum atomic E-state index is 5.72. The van der Waals surface area contributed by atoms with Crippen LogP contribution in [0.5, 0.6) is 0 Å². The van der Waals surface area contributed by atoms with E-state index < -0.39 is 0 Å². The predicted octanol–water partition coefficient (Wildman–Crippen LogP) is 5.58. The highest BCUT2D eigenvalue weighted by Crippen LogP contribution is 2.39. The van der Waals surface area contributed by atoms with Gasteiger partial charge in [0.2, 0.25) is 0 Å². The first-order valence-corrected chi connectivity index (χ1v) is 7.49. The van der Waals surface area contributed by atoms with Crippen molar-refractivity contribution in [3.05, 3.63) is 47.9 Å². The van der Waals surface area contributed by atoms with Crippen LogP contribution in [0.2, 0.25) is 0 Å². The Morgan fingerprint density at radius 2 is 2.11 bits per heavy atom. The molecule has 2 rings (SSSR count). The molecular formula is C17H22OS. The fourth-order valence-corrected chi connectivity index (χ4v) is 3.58. The van der Waals surface area contributed by atoms with Crippen molar-refractivity contribution >= 4 is 21.4 Å². The molecule has 0 amide bonds. The molecule has 0 spiro atoms. The summed E-state index contributed by atoms with van der Waals surface area (Å²) in [6.45, 7) is 8.39. The fourth-order valence-electron chi connectivity index (χ4n) is 2.44. The van der Waals surface area contributed by atoms with Gasteiger partial charge in [-0.25, -0.2) is 0 Å². The Balaban J connectivity index is 2.23. The quantitative estimate of drug-likeness (QED) is 0.625. The smallest absolute Gasteiger partial charge is 0.0918 e. The Bertz CT molecular complexity index is 520. The van der Waals surface area contributed by atoms with Crippen LogP contribution in [0.1, 0.15) is 37.7 Å². The van der Waals surface area contributed by atoms with Gasteiger partial charge in [-0.2, -0.15) is 0 Å². The highest BCUT2D eigenvalue weighted by Gasteiger charge is 2.24. The van der Waals surface area contributed by atoms with E-state index in [0.717, 1.165) is 12.8 Å². The number of hydrogen-bond donors (Lipinski definition) is 0. The molecule has 0 bridgehead atoms. The van der Waals surface area contributed by atoms with Crippen LogP contribution in [-0.4, -0.2) is 7.11 Å². The molecule has 0 saturated heterocycles. The molecule has 0 fully saturated rings. The van der Waals surface area contributed by atoms with Crippen molar-refractivity contribution < 1.29 is 4.74 Å². The number of allylic oxidation sites excluding steroid dienone is 1. The summed E-state index contributed by atoms with van der Waals surface area (Å²) in [5.41, 5.74) is 0.221. The van der Waals surface area contributed by atoms with E-state index in [1.165, 1.54) is 15.0 Å². The van der Waals surface area contributed by atoms with Crippen LogP contribution in [0.3, 0.4) is 0 Å². The van der Waals surface area contributed by atoms with Crippen molar-refractivity contribution in [1.29, 1.82) is 0 Å². The van der Waals surface area contributed by atoms with Crippen LogP contribution in [0.15, 0.2) is 43.0 Å². The maximum absolute atomic E-state index is 5.72. The van der Waals surface area contributed by atoms with E-state index in [2.05, 4.69) is 50.8 Å². The van der Waals surface area contributed by atoms with Gasteiger partial charge in [0.1, 0.15) is 0 Å². The molecule has 1 aromatic heterocycles. The average Bonchev–Trinajstić information content (AvgIpc) is 2.79. The third-order valence-corrected chi connectivity index (χ3v) is 4.69.